The Kier molecular flexibility index (Phi) is 7.27. The molecule has 3 saturated heterocycles. The lowest BCUT2D eigenvalue weighted by Crippen LogP contribution is -2.60. The van der Waals surface area contributed by atoms with Crippen LogP contribution in [0, 0.1) is 46.3 Å². The summed E-state index contributed by atoms with van der Waals surface area (Å²) in [6, 6.07) is 0. The predicted octanol–water partition coefficient (Wildman–Crippen LogP) is 3.54. The van der Waals surface area contributed by atoms with Crippen molar-refractivity contribution in [2.45, 2.75) is 134 Å². The molecule has 6 fully saturated rings. The Morgan fingerprint density at radius 1 is 0.976 bits per heavy atom. The minimum absolute atomic E-state index is 0.129. The number of hydrogen-bond acceptors (Lipinski definition) is 8. The summed E-state index contributed by atoms with van der Waals surface area (Å²) in [5, 5.41) is 40.4. The van der Waals surface area contributed by atoms with Crippen LogP contribution in [0.4, 0.5) is 0 Å². The molecule has 2 unspecified atom stereocenters. The second kappa shape index (κ2) is 10.2. The standard InChI is InChI=1S/C33H52O8/c1-17-7-12-33(38-16-17)18(2)26-24(41-33)14-23-21-6-5-19-13-20(8-10-31(19,3)22(21)9-11-32(23,26)4)39-30-29(37)28(36)27(35)25(15-34)40-30/h5,17-18,20-30,34-37H,6-16H2,1-4H3/t17-,18+,20+,21-,22+,23+,24+,25?,26+,27-,28+,29?,30-,31+,32+,33-/m1/s1. The van der Waals surface area contributed by atoms with Crippen LogP contribution in [-0.2, 0) is 18.9 Å². The number of allylic oxidation sites excluding steroid dienone is 1. The number of hydrogen-bond donors (Lipinski definition) is 4. The van der Waals surface area contributed by atoms with E-state index >= 15 is 0 Å². The van der Waals surface area contributed by atoms with E-state index in [2.05, 4.69) is 33.8 Å². The van der Waals surface area contributed by atoms with Gasteiger partial charge in [-0.1, -0.05) is 39.3 Å². The van der Waals surface area contributed by atoms with Gasteiger partial charge in [0.1, 0.15) is 24.4 Å². The van der Waals surface area contributed by atoms with Gasteiger partial charge in [0.25, 0.3) is 0 Å². The van der Waals surface area contributed by atoms with Crippen LogP contribution in [0.25, 0.3) is 0 Å². The lowest BCUT2D eigenvalue weighted by Gasteiger charge is -2.58. The third kappa shape index (κ3) is 4.29. The summed E-state index contributed by atoms with van der Waals surface area (Å²) in [7, 11) is 0. The molecule has 4 aliphatic carbocycles. The molecule has 1 spiro atoms. The average molecular weight is 577 g/mol. The number of aliphatic hydroxyl groups excluding tert-OH is 4. The van der Waals surface area contributed by atoms with E-state index in [4.69, 9.17) is 18.9 Å². The lowest BCUT2D eigenvalue weighted by molar-refractivity contribution is -0.313. The van der Waals surface area contributed by atoms with Gasteiger partial charge < -0.3 is 39.4 Å². The van der Waals surface area contributed by atoms with E-state index in [9.17, 15) is 20.4 Å². The van der Waals surface area contributed by atoms with Gasteiger partial charge in [0.15, 0.2) is 12.1 Å². The van der Waals surface area contributed by atoms with Gasteiger partial charge in [0.2, 0.25) is 0 Å². The molecule has 8 nitrogen and oxygen atoms in total. The van der Waals surface area contributed by atoms with E-state index in [-0.39, 0.29) is 17.3 Å². The molecule has 0 aromatic carbocycles. The Morgan fingerprint density at radius 3 is 2.51 bits per heavy atom. The fourth-order valence-electron chi connectivity index (χ4n) is 11.1. The molecular weight excluding hydrogens is 524 g/mol. The monoisotopic (exact) mass is 576 g/mol. The Bertz CT molecular complexity index is 1020. The molecule has 41 heavy (non-hydrogen) atoms. The first-order valence-corrected chi connectivity index (χ1v) is 16.5. The quantitative estimate of drug-likeness (QED) is 0.377. The van der Waals surface area contributed by atoms with Gasteiger partial charge in [0, 0.05) is 12.3 Å². The van der Waals surface area contributed by atoms with Crippen LogP contribution in [0.2, 0.25) is 0 Å². The van der Waals surface area contributed by atoms with E-state index in [1.807, 2.05) is 0 Å². The molecule has 0 bridgehead atoms. The molecule has 7 rings (SSSR count). The molecule has 3 heterocycles. The molecule has 3 aliphatic heterocycles. The highest BCUT2D eigenvalue weighted by Gasteiger charge is 2.68. The number of rotatable bonds is 3. The van der Waals surface area contributed by atoms with Crippen molar-refractivity contribution < 1.29 is 39.4 Å². The van der Waals surface area contributed by atoms with Gasteiger partial charge in [-0.15, -0.1) is 0 Å². The maximum atomic E-state index is 10.5. The Labute approximate surface area is 244 Å². The summed E-state index contributed by atoms with van der Waals surface area (Å²) in [6.45, 7) is 10.1. The van der Waals surface area contributed by atoms with E-state index in [1.54, 1.807) is 0 Å². The summed E-state index contributed by atoms with van der Waals surface area (Å²) in [6.07, 6.45) is 6.24. The Hall–Kier alpha value is -0.580. The molecule has 232 valence electrons. The molecule has 16 atom stereocenters. The summed E-state index contributed by atoms with van der Waals surface area (Å²) in [5.74, 6) is 3.28. The second-order valence-electron chi connectivity index (χ2n) is 15.5. The third-order valence-corrected chi connectivity index (χ3v) is 13.5. The SMILES string of the molecule is C[C@@H]1CC[C@@]2(OC1)O[C@H]1C[C@H]3[C@@H]4CC=C5C[C@@H](O[C@@H]6OC(CO)[C@@H](O)[C@H](O)C6O)CC[C@]5(C)[C@H]4CC[C@]3(C)[C@H]1[C@@H]2C. The number of aliphatic hydroxyl groups is 4. The van der Waals surface area contributed by atoms with Crippen LogP contribution in [0.1, 0.15) is 85.5 Å². The van der Waals surface area contributed by atoms with Gasteiger partial charge in [-0.05, 0) is 91.8 Å². The maximum Gasteiger partial charge on any atom is 0.186 e. The molecule has 4 N–H and O–H groups in total. The summed E-state index contributed by atoms with van der Waals surface area (Å²) >= 11 is 0. The number of fused-ring (bicyclic) bond motifs is 7. The van der Waals surface area contributed by atoms with Crippen molar-refractivity contribution in [3.05, 3.63) is 11.6 Å². The predicted molar refractivity (Wildman–Crippen MR) is 150 cm³/mol. The van der Waals surface area contributed by atoms with E-state index < -0.39 is 37.3 Å². The highest BCUT2D eigenvalue weighted by Crippen LogP contribution is 2.70. The van der Waals surface area contributed by atoms with Crippen LogP contribution in [-0.4, -0.2) is 82.3 Å². The zero-order valence-electron chi connectivity index (χ0n) is 25.3. The zero-order valence-corrected chi connectivity index (χ0v) is 25.3. The first-order valence-electron chi connectivity index (χ1n) is 16.5. The molecule has 0 radical (unpaired) electrons. The zero-order chi connectivity index (χ0) is 28.9. The van der Waals surface area contributed by atoms with Gasteiger partial charge >= 0.3 is 0 Å². The summed E-state index contributed by atoms with van der Waals surface area (Å²) < 4.78 is 25.3. The smallest absolute Gasteiger partial charge is 0.186 e. The Balaban J connectivity index is 1.05. The molecule has 0 aromatic rings. The second-order valence-corrected chi connectivity index (χ2v) is 15.5. The van der Waals surface area contributed by atoms with Crippen molar-refractivity contribution >= 4 is 0 Å². The Morgan fingerprint density at radius 2 is 1.78 bits per heavy atom. The first-order chi connectivity index (χ1) is 19.5. The summed E-state index contributed by atoms with van der Waals surface area (Å²) in [5.41, 5.74) is 1.91. The van der Waals surface area contributed by atoms with Crippen molar-refractivity contribution in [2.75, 3.05) is 13.2 Å². The minimum Gasteiger partial charge on any atom is -0.394 e. The van der Waals surface area contributed by atoms with Crippen molar-refractivity contribution in [3.8, 4) is 0 Å². The summed E-state index contributed by atoms with van der Waals surface area (Å²) in [4.78, 5) is 0. The van der Waals surface area contributed by atoms with Gasteiger partial charge in [-0.2, -0.15) is 0 Å². The lowest BCUT2D eigenvalue weighted by atomic mass is 9.47. The van der Waals surface area contributed by atoms with Gasteiger partial charge in [0.05, 0.1) is 25.4 Å². The van der Waals surface area contributed by atoms with Crippen molar-refractivity contribution in [1.29, 1.82) is 0 Å². The normalized spacial score (nSPS) is 58.3. The largest absolute Gasteiger partial charge is 0.394 e. The fourth-order valence-corrected chi connectivity index (χ4v) is 11.1. The number of ether oxygens (including phenoxy) is 4. The van der Waals surface area contributed by atoms with Gasteiger partial charge in [-0.3, -0.25) is 0 Å². The topological polar surface area (TPSA) is 118 Å². The van der Waals surface area contributed by atoms with Crippen LogP contribution in [0.5, 0.6) is 0 Å². The molecular formula is C33H52O8. The van der Waals surface area contributed by atoms with Crippen molar-refractivity contribution in [2.24, 2.45) is 46.3 Å². The van der Waals surface area contributed by atoms with Crippen LogP contribution < -0.4 is 0 Å². The molecule has 0 aromatic heterocycles. The van der Waals surface area contributed by atoms with Crippen LogP contribution >= 0.6 is 0 Å². The third-order valence-electron chi connectivity index (χ3n) is 13.5. The highest BCUT2D eigenvalue weighted by molar-refractivity contribution is 5.26. The van der Waals surface area contributed by atoms with Gasteiger partial charge in [-0.25, -0.2) is 0 Å². The minimum atomic E-state index is -1.41. The average Bonchev–Trinajstić information content (AvgIpc) is 3.40. The molecule has 8 heteroatoms. The highest BCUT2D eigenvalue weighted by atomic mass is 16.7. The fraction of sp³-hybridized carbons (Fsp3) is 0.939. The van der Waals surface area contributed by atoms with Crippen LogP contribution in [0.3, 0.4) is 0 Å². The van der Waals surface area contributed by atoms with E-state index in [0.717, 1.165) is 45.1 Å². The maximum absolute atomic E-state index is 10.5. The molecule has 7 aliphatic rings. The first kappa shape index (κ1) is 29.1. The van der Waals surface area contributed by atoms with Crippen molar-refractivity contribution in [1.82, 2.24) is 0 Å². The molecule has 0 amide bonds. The van der Waals surface area contributed by atoms with Crippen molar-refractivity contribution in [3.63, 3.8) is 0 Å². The van der Waals surface area contributed by atoms with E-state index in [1.165, 1.54) is 24.8 Å². The molecule has 3 saturated carbocycles. The van der Waals surface area contributed by atoms with E-state index in [0.29, 0.717) is 47.0 Å². The van der Waals surface area contributed by atoms with Crippen LogP contribution in [0.15, 0.2) is 11.6 Å².